The minimum Gasteiger partial charge on any atom is -0.384 e. The predicted molar refractivity (Wildman–Crippen MR) is 164 cm³/mol. The third-order valence-corrected chi connectivity index (χ3v) is 6.99. The Bertz CT molecular complexity index is 1950. The average Bonchev–Trinajstić information content (AvgIpc) is 3.62. The van der Waals surface area contributed by atoms with E-state index in [0.29, 0.717) is 74.7 Å². The van der Waals surface area contributed by atoms with E-state index < -0.39 is 5.82 Å². The molecule has 2 aromatic carbocycles. The number of aromatic nitrogens is 6. The van der Waals surface area contributed by atoms with Crippen LogP contribution < -0.4 is 16.0 Å². The SMILES string of the molecule is CCCC(=O)Nc1cncc(-c2cc(F)c3n[nH]c(-c4nc5nccc(-c6cc(F)cc(NCCNC)c6)c5[nH]4)c3c2)c1. The number of amides is 1. The molecule has 0 aliphatic rings. The topological polar surface area (TPSA) is 136 Å². The van der Waals surface area contributed by atoms with Gasteiger partial charge in [-0.1, -0.05) is 6.92 Å². The summed E-state index contributed by atoms with van der Waals surface area (Å²) < 4.78 is 29.9. The lowest BCUT2D eigenvalue weighted by molar-refractivity contribution is -0.116. The number of carbonyl (C=O) groups is 1. The average molecular weight is 582 g/mol. The third kappa shape index (κ3) is 5.77. The molecule has 0 aliphatic heterocycles. The molecule has 4 heterocycles. The Morgan fingerprint density at radius 1 is 0.977 bits per heavy atom. The van der Waals surface area contributed by atoms with Crippen LogP contribution in [0, 0.1) is 11.6 Å². The summed E-state index contributed by atoms with van der Waals surface area (Å²) in [7, 11) is 1.85. The van der Waals surface area contributed by atoms with E-state index in [1.165, 1.54) is 18.2 Å². The Labute approximate surface area is 245 Å². The molecule has 0 radical (unpaired) electrons. The number of aromatic amines is 2. The lowest BCUT2D eigenvalue weighted by Crippen LogP contribution is -2.17. The lowest BCUT2D eigenvalue weighted by Gasteiger charge is -2.09. The Morgan fingerprint density at radius 2 is 1.84 bits per heavy atom. The van der Waals surface area contributed by atoms with Crippen molar-refractivity contribution in [2.75, 3.05) is 30.8 Å². The molecule has 0 bridgehead atoms. The first-order chi connectivity index (χ1) is 20.9. The molecular weight excluding hydrogens is 552 g/mol. The molecule has 4 aromatic heterocycles. The second-order valence-corrected chi connectivity index (χ2v) is 10.1. The van der Waals surface area contributed by atoms with Crippen LogP contribution in [0.5, 0.6) is 0 Å². The fraction of sp³-hybridized carbons (Fsp3) is 0.194. The summed E-state index contributed by atoms with van der Waals surface area (Å²) in [6.07, 6.45) is 5.89. The number of imidazole rings is 1. The molecule has 0 saturated heterocycles. The molecule has 0 unspecified atom stereocenters. The van der Waals surface area contributed by atoms with E-state index in [2.05, 4.69) is 46.1 Å². The number of nitrogens with zero attached hydrogens (tertiary/aromatic N) is 4. The predicted octanol–water partition coefficient (Wildman–Crippen LogP) is 5.88. The summed E-state index contributed by atoms with van der Waals surface area (Å²) in [6, 6.07) is 11.5. The van der Waals surface area contributed by atoms with Crippen molar-refractivity contribution >= 4 is 39.3 Å². The van der Waals surface area contributed by atoms with Gasteiger partial charge in [0.2, 0.25) is 5.91 Å². The number of benzene rings is 2. The Hall–Kier alpha value is -5.23. The number of halogens is 2. The van der Waals surface area contributed by atoms with Crippen LogP contribution in [0.25, 0.3) is 55.8 Å². The first kappa shape index (κ1) is 27.9. The largest absolute Gasteiger partial charge is 0.384 e. The van der Waals surface area contributed by atoms with Crippen LogP contribution in [0.15, 0.2) is 61.1 Å². The molecule has 12 heteroatoms. The van der Waals surface area contributed by atoms with E-state index in [0.717, 1.165) is 13.0 Å². The van der Waals surface area contributed by atoms with Crippen LogP contribution in [0.1, 0.15) is 19.8 Å². The number of H-pyrrole nitrogens is 2. The van der Waals surface area contributed by atoms with Crippen molar-refractivity contribution in [2.24, 2.45) is 0 Å². The molecule has 6 rings (SSSR count). The zero-order valence-corrected chi connectivity index (χ0v) is 23.6. The molecule has 218 valence electrons. The van der Waals surface area contributed by atoms with Gasteiger partial charge in [0.05, 0.1) is 17.4 Å². The summed E-state index contributed by atoms with van der Waals surface area (Å²) in [5.74, 6) is -0.613. The third-order valence-electron chi connectivity index (χ3n) is 6.99. The van der Waals surface area contributed by atoms with Crippen molar-refractivity contribution in [3.05, 3.63) is 72.7 Å². The van der Waals surface area contributed by atoms with Crippen molar-refractivity contribution in [3.63, 3.8) is 0 Å². The fourth-order valence-corrected chi connectivity index (χ4v) is 4.99. The van der Waals surface area contributed by atoms with Gasteiger partial charge in [-0.25, -0.2) is 18.7 Å². The lowest BCUT2D eigenvalue weighted by atomic mass is 10.0. The van der Waals surface area contributed by atoms with Crippen molar-refractivity contribution in [2.45, 2.75) is 19.8 Å². The number of nitrogens with one attached hydrogen (secondary N) is 5. The van der Waals surface area contributed by atoms with Gasteiger partial charge in [0.1, 0.15) is 17.0 Å². The highest BCUT2D eigenvalue weighted by molar-refractivity contribution is 5.98. The van der Waals surface area contributed by atoms with Crippen molar-refractivity contribution in [3.8, 4) is 33.8 Å². The maximum atomic E-state index is 15.3. The zero-order valence-electron chi connectivity index (χ0n) is 23.6. The van der Waals surface area contributed by atoms with Gasteiger partial charge in [0, 0.05) is 54.1 Å². The van der Waals surface area contributed by atoms with Crippen LogP contribution in [0.3, 0.4) is 0 Å². The van der Waals surface area contributed by atoms with Crippen molar-refractivity contribution in [1.82, 2.24) is 35.5 Å². The highest BCUT2D eigenvalue weighted by Crippen LogP contribution is 2.35. The van der Waals surface area contributed by atoms with Crippen LogP contribution in [0.4, 0.5) is 20.2 Å². The molecule has 0 fully saturated rings. The number of hydrogen-bond acceptors (Lipinski definition) is 7. The summed E-state index contributed by atoms with van der Waals surface area (Å²) in [5.41, 5.74) is 5.35. The minimum atomic E-state index is -0.525. The molecule has 10 nitrogen and oxygen atoms in total. The number of hydrogen-bond donors (Lipinski definition) is 5. The Balaban J connectivity index is 1.39. The number of anilines is 2. The molecular formula is C31H29F2N9O. The number of rotatable bonds is 10. The second kappa shape index (κ2) is 11.9. The Kier molecular flexibility index (Phi) is 7.75. The first-order valence-corrected chi connectivity index (χ1v) is 13.9. The molecule has 0 saturated carbocycles. The van der Waals surface area contributed by atoms with Crippen LogP contribution >= 0.6 is 0 Å². The van der Waals surface area contributed by atoms with E-state index in [9.17, 15) is 9.18 Å². The van der Waals surface area contributed by atoms with Gasteiger partial charge in [-0.3, -0.25) is 14.9 Å². The maximum Gasteiger partial charge on any atom is 0.224 e. The quantitative estimate of drug-likeness (QED) is 0.128. The van der Waals surface area contributed by atoms with Crippen molar-refractivity contribution < 1.29 is 13.6 Å². The smallest absolute Gasteiger partial charge is 0.224 e. The van der Waals surface area contributed by atoms with Gasteiger partial charge < -0.3 is 20.9 Å². The van der Waals surface area contributed by atoms with Gasteiger partial charge in [-0.2, -0.15) is 5.10 Å². The number of likely N-dealkylation sites (N-methyl/N-ethyl adjacent to an activating group) is 1. The van der Waals surface area contributed by atoms with Gasteiger partial charge in [-0.15, -0.1) is 0 Å². The number of carbonyl (C=O) groups excluding carboxylic acids is 1. The van der Waals surface area contributed by atoms with Crippen LogP contribution in [-0.2, 0) is 4.79 Å². The normalized spacial score (nSPS) is 11.3. The summed E-state index contributed by atoms with van der Waals surface area (Å²) in [4.78, 5) is 28.7. The van der Waals surface area contributed by atoms with Gasteiger partial charge in [0.25, 0.3) is 0 Å². The second-order valence-electron chi connectivity index (χ2n) is 10.1. The number of fused-ring (bicyclic) bond motifs is 2. The van der Waals surface area contributed by atoms with E-state index in [1.807, 2.05) is 20.0 Å². The van der Waals surface area contributed by atoms with E-state index >= 15 is 4.39 Å². The maximum absolute atomic E-state index is 15.3. The van der Waals surface area contributed by atoms with E-state index in [4.69, 9.17) is 0 Å². The fourth-order valence-electron chi connectivity index (χ4n) is 4.99. The van der Waals surface area contributed by atoms with E-state index in [1.54, 1.807) is 36.8 Å². The van der Waals surface area contributed by atoms with Crippen molar-refractivity contribution in [1.29, 1.82) is 0 Å². The Morgan fingerprint density at radius 3 is 2.67 bits per heavy atom. The summed E-state index contributed by atoms with van der Waals surface area (Å²) in [5, 5.41) is 16.7. The molecule has 6 aromatic rings. The highest BCUT2D eigenvalue weighted by atomic mass is 19.1. The molecule has 0 spiro atoms. The number of pyridine rings is 2. The minimum absolute atomic E-state index is 0.113. The summed E-state index contributed by atoms with van der Waals surface area (Å²) >= 11 is 0. The molecule has 43 heavy (non-hydrogen) atoms. The molecule has 1 amide bonds. The van der Waals surface area contributed by atoms with E-state index in [-0.39, 0.29) is 17.2 Å². The van der Waals surface area contributed by atoms with Gasteiger partial charge >= 0.3 is 0 Å². The standard InChI is InChI=1S/C31H29F2N9O/c1-3-4-26(43)38-22-11-19(15-35-16-22)17-12-24-27(25(33)13-17)41-42-29(24)31-39-28-23(5-6-37-30(28)40-31)18-9-20(32)14-21(10-18)36-8-7-34-2/h5-6,9-16,34,36H,3-4,7-8H2,1-2H3,(H,38,43)(H,41,42)(H,37,39,40). The highest BCUT2D eigenvalue weighted by Gasteiger charge is 2.19. The molecule has 5 N–H and O–H groups in total. The monoisotopic (exact) mass is 581 g/mol. The van der Waals surface area contributed by atoms with Gasteiger partial charge in [0.15, 0.2) is 17.3 Å². The van der Waals surface area contributed by atoms with Crippen LogP contribution in [0.2, 0.25) is 0 Å². The first-order valence-electron chi connectivity index (χ1n) is 13.9. The molecule has 0 aliphatic carbocycles. The zero-order chi connectivity index (χ0) is 29.9. The van der Waals surface area contributed by atoms with Gasteiger partial charge in [-0.05, 0) is 67.1 Å². The summed E-state index contributed by atoms with van der Waals surface area (Å²) in [6.45, 7) is 3.29. The molecule has 0 atom stereocenters. The van der Waals surface area contributed by atoms with Crippen LogP contribution in [-0.4, -0.2) is 56.2 Å².